The van der Waals surface area contributed by atoms with Gasteiger partial charge in [0.15, 0.2) is 0 Å². The number of carbonyl (C=O) groups is 4. The van der Waals surface area contributed by atoms with Crippen LogP contribution in [0.4, 0.5) is 5.69 Å². The van der Waals surface area contributed by atoms with Crippen molar-refractivity contribution in [3.05, 3.63) is 53.0 Å². The highest BCUT2D eigenvalue weighted by Crippen LogP contribution is 2.29. The first-order valence-electron chi connectivity index (χ1n) is 14.0. The third-order valence-corrected chi connectivity index (χ3v) is 8.35. The number of carbonyl (C=O) groups excluding carboxylic acids is 3. The van der Waals surface area contributed by atoms with Crippen molar-refractivity contribution >= 4 is 50.9 Å². The minimum absolute atomic E-state index is 0.0121. The number of rotatable bonds is 13. The van der Waals surface area contributed by atoms with Crippen LogP contribution in [-0.2, 0) is 20.9 Å². The lowest BCUT2D eigenvalue weighted by Crippen LogP contribution is -2.37. The van der Waals surface area contributed by atoms with Crippen molar-refractivity contribution in [1.82, 2.24) is 15.2 Å². The molecular formula is C30H38N4O5S. The number of anilines is 1. The number of thiophene rings is 1. The molecule has 4 N–H and O–H groups in total. The smallest absolute Gasteiger partial charge is 0.303 e. The molecule has 0 atom stereocenters. The van der Waals surface area contributed by atoms with Crippen molar-refractivity contribution in [3.63, 3.8) is 0 Å². The van der Waals surface area contributed by atoms with Crippen LogP contribution < -0.4 is 16.0 Å². The van der Waals surface area contributed by atoms with Crippen molar-refractivity contribution in [3.8, 4) is 0 Å². The summed E-state index contributed by atoms with van der Waals surface area (Å²) in [6, 6.07) is 11.4. The number of unbranched alkanes of at least 4 members (excludes halogenated alkanes) is 2. The predicted molar refractivity (Wildman–Crippen MR) is 157 cm³/mol. The standard InChI is InChI=1S/C30H38N4O5S/c1-20-6-5-7-23(16-20)33-27(35)19-34-24-13-15-40-26(24)17-25(34)30(39)32-18-21-9-11-22(12-10-21)29(38)31-14-4-2-3-8-28(36)37/h5-7,13,15-17,21-22H,2-4,8-12,14,18-19H2,1H3,(H,31,38)(H,32,39)(H,33,35)(H,36,37)/t21-,22-. The van der Waals surface area contributed by atoms with E-state index >= 15 is 0 Å². The highest BCUT2D eigenvalue weighted by atomic mass is 32.1. The van der Waals surface area contributed by atoms with Gasteiger partial charge < -0.3 is 25.6 Å². The highest BCUT2D eigenvalue weighted by Gasteiger charge is 2.27. The van der Waals surface area contributed by atoms with Gasteiger partial charge in [0.25, 0.3) is 5.91 Å². The molecule has 1 aliphatic carbocycles. The van der Waals surface area contributed by atoms with Gasteiger partial charge in [0.1, 0.15) is 12.2 Å². The van der Waals surface area contributed by atoms with Gasteiger partial charge in [-0.3, -0.25) is 19.2 Å². The molecule has 10 heteroatoms. The van der Waals surface area contributed by atoms with Crippen LogP contribution in [0, 0.1) is 18.8 Å². The number of aromatic nitrogens is 1. The summed E-state index contributed by atoms with van der Waals surface area (Å²) >= 11 is 1.54. The van der Waals surface area contributed by atoms with E-state index in [9.17, 15) is 19.2 Å². The van der Waals surface area contributed by atoms with Crippen LogP contribution in [-0.4, -0.2) is 46.5 Å². The number of benzene rings is 1. The quantitative estimate of drug-likeness (QED) is 0.218. The van der Waals surface area contributed by atoms with Crippen LogP contribution >= 0.6 is 11.3 Å². The summed E-state index contributed by atoms with van der Waals surface area (Å²) in [5.74, 6) is -0.815. The average molecular weight is 567 g/mol. The van der Waals surface area contributed by atoms with Gasteiger partial charge in [0.05, 0.1) is 10.2 Å². The number of carboxylic acid groups (broad SMARTS) is 1. The number of nitrogens with zero attached hydrogens (tertiary/aromatic N) is 1. The Balaban J connectivity index is 1.24. The first kappa shape index (κ1) is 29.3. The number of aliphatic carboxylic acids is 1. The van der Waals surface area contributed by atoms with E-state index in [1.807, 2.05) is 48.7 Å². The van der Waals surface area contributed by atoms with Crippen LogP contribution in [0.1, 0.15) is 67.4 Å². The van der Waals surface area contributed by atoms with Crippen LogP contribution in [0.15, 0.2) is 41.8 Å². The normalized spacial score (nSPS) is 16.9. The molecule has 2 aromatic heterocycles. The van der Waals surface area contributed by atoms with E-state index in [0.29, 0.717) is 31.1 Å². The second-order valence-corrected chi connectivity index (χ2v) is 11.6. The van der Waals surface area contributed by atoms with Crippen molar-refractivity contribution < 1.29 is 24.3 Å². The van der Waals surface area contributed by atoms with Gasteiger partial charge in [-0.2, -0.15) is 0 Å². The lowest BCUT2D eigenvalue weighted by molar-refractivity contribution is -0.137. The molecule has 1 aromatic carbocycles. The zero-order valence-electron chi connectivity index (χ0n) is 22.9. The summed E-state index contributed by atoms with van der Waals surface area (Å²) < 4.78 is 2.73. The Morgan fingerprint density at radius 3 is 2.55 bits per heavy atom. The molecule has 40 heavy (non-hydrogen) atoms. The van der Waals surface area contributed by atoms with Gasteiger partial charge in [-0.05, 0) is 86.6 Å². The van der Waals surface area contributed by atoms with Crippen molar-refractivity contribution in [1.29, 1.82) is 0 Å². The summed E-state index contributed by atoms with van der Waals surface area (Å²) in [4.78, 5) is 49.1. The zero-order valence-corrected chi connectivity index (χ0v) is 23.7. The minimum atomic E-state index is -0.785. The van der Waals surface area contributed by atoms with E-state index in [4.69, 9.17) is 5.11 Å². The third kappa shape index (κ3) is 8.17. The summed E-state index contributed by atoms with van der Waals surface area (Å²) in [5, 5.41) is 19.6. The van der Waals surface area contributed by atoms with Crippen LogP contribution in [0.5, 0.6) is 0 Å². The maximum absolute atomic E-state index is 13.2. The Morgan fingerprint density at radius 1 is 1.00 bits per heavy atom. The Bertz CT molecular complexity index is 1340. The van der Waals surface area contributed by atoms with E-state index in [1.54, 1.807) is 4.57 Å². The van der Waals surface area contributed by atoms with E-state index in [1.165, 1.54) is 11.3 Å². The highest BCUT2D eigenvalue weighted by molar-refractivity contribution is 7.17. The number of hydrogen-bond acceptors (Lipinski definition) is 5. The largest absolute Gasteiger partial charge is 0.481 e. The molecule has 0 spiro atoms. The Kier molecular flexibility index (Phi) is 10.3. The van der Waals surface area contributed by atoms with E-state index in [-0.39, 0.29) is 36.6 Å². The third-order valence-electron chi connectivity index (χ3n) is 7.49. The fourth-order valence-electron chi connectivity index (χ4n) is 5.29. The number of fused-ring (bicyclic) bond motifs is 1. The Labute approximate surface area is 238 Å². The molecule has 4 rings (SSSR count). The molecule has 1 aliphatic rings. The second kappa shape index (κ2) is 14.1. The molecule has 0 bridgehead atoms. The van der Waals surface area contributed by atoms with Crippen LogP contribution in [0.2, 0.25) is 0 Å². The van der Waals surface area contributed by atoms with Gasteiger partial charge in [-0.15, -0.1) is 11.3 Å². The molecule has 1 saturated carbocycles. The van der Waals surface area contributed by atoms with Gasteiger partial charge in [-0.25, -0.2) is 0 Å². The summed E-state index contributed by atoms with van der Waals surface area (Å²) in [7, 11) is 0. The summed E-state index contributed by atoms with van der Waals surface area (Å²) in [6.07, 6.45) is 5.68. The van der Waals surface area contributed by atoms with Gasteiger partial charge in [0.2, 0.25) is 11.8 Å². The molecule has 214 valence electrons. The van der Waals surface area contributed by atoms with Crippen LogP contribution in [0.3, 0.4) is 0 Å². The number of carboxylic acids is 1. The Hall–Kier alpha value is -3.66. The van der Waals surface area contributed by atoms with E-state index < -0.39 is 5.97 Å². The topological polar surface area (TPSA) is 130 Å². The second-order valence-electron chi connectivity index (χ2n) is 10.6. The molecule has 1 fully saturated rings. The maximum atomic E-state index is 13.2. The molecule has 0 aliphatic heterocycles. The first-order chi connectivity index (χ1) is 19.3. The van der Waals surface area contributed by atoms with Crippen molar-refractivity contribution in [2.45, 2.75) is 64.8 Å². The number of aryl methyl sites for hydroxylation is 1. The molecule has 0 saturated heterocycles. The van der Waals surface area contributed by atoms with Gasteiger partial charge in [-0.1, -0.05) is 18.6 Å². The molecule has 3 aromatic rings. The Morgan fingerprint density at radius 2 is 1.80 bits per heavy atom. The fourth-order valence-corrected chi connectivity index (χ4v) is 6.11. The first-order valence-corrected chi connectivity index (χ1v) is 14.9. The number of hydrogen-bond donors (Lipinski definition) is 4. The van der Waals surface area contributed by atoms with Crippen LogP contribution in [0.25, 0.3) is 10.2 Å². The molecule has 9 nitrogen and oxygen atoms in total. The van der Waals surface area contributed by atoms with Gasteiger partial charge in [0, 0.05) is 31.1 Å². The van der Waals surface area contributed by atoms with E-state index in [2.05, 4.69) is 16.0 Å². The maximum Gasteiger partial charge on any atom is 0.303 e. The molecule has 3 amide bonds. The summed E-state index contributed by atoms with van der Waals surface area (Å²) in [5.41, 5.74) is 3.11. The van der Waals surface area contributed by atoms with Crippen molar-refractivity contribution in [2.75, 3.05) is 18.4 Å². The van der Waals surface area contributed by atoms with E-state index in [0.717, 1.165) is 60.0 Å². The lowest BCUT2D eigenvalue weighted by atomic mass is 9.81. The average Bonchev–Trinajstić information content (AvgIpc) is 3.52. The monoisotopic (exact) mass is 566 g/mol. The summed E-state index contributed by atoms with van der Waals surface area (Å²) in [6.45, 7) is 3.12. The predicted octanol–water partition coefficient (Wildman–Crippen LogP) is 4.95. The number of amides is 3. The number of nitrogens with one attached hydrogen (secondary N) is 3. The van der Waals surface area contributed by atoms with Crippen molar-refractivity contribution in [2.24, 2.45) is 11.8 Å². The minimum Gasteiger partial charge on any atom is -0.481 e. The molecule has 0 radical (unpaired) electrons. The molecule has 0 unspecified atom stereocenters. The lowest BCUT2D eigenvalue weighted by Gasteiger charge is -2.28. The molecule has 2 heterocycles. The molecular weight excluding hydrogens is 528 g/mol. The van der Waals surface area contributed by atoms with Gasteiger partial charge >= 0.3 is 5.97 Å². The fraction of sp³-hybridized carbons (Fsp3) is 0.467. The SMILES string of the molecule is Cc1cccc(NC(=O)Cn2c(C(=O)NC[C@H]3CC[C@H](C(=O)NCCCCCC(=O)O)CC3)cc3sccc32)c1. The zero-order chi connectivity index (χ0) is 28.5.